The SMILES string of the molecule is CCC(CSC)N(C)C(CC)C(=O)O. The Labute approximate surface area is 90.9 Å². The van der Waals surface area contributed by atoms with Gasteiger partial charge in [0.25, 0.3) is 0 Å². The van der Waals surface area contributed by atoms with Gasteiger partial charge in [0.2, 0.25) is 0 Å². The van der Waals surface area contributed by atoms with E-state index in [0.29, 0.717) is 12.5 Å². The summed E-state index contributed by atoms with van der Waals surface area (Å²) in [7, 11) is 1.91. The smallest absolute Gasteiger partial charge is 0.320 e. The summed E-state index contributed by atoms with van der Waals surface area (Å²) in [4.78, 5) is 12.9. The Morgan fingerprint density at radius 3 is 2.29 bits per heavy atom. The average molecular weight is 219 g/mol. The molecule has 0 saturated carbocycles. The molecule has 0 saturated heterocycles. The van der Waals surface area contributed by atoms with Crippen LogP contribution in [0.25, 0.3) is 0 Å². The van der Waals surface area contributed by atoms with Gasteiger partial charge in [-0.05, 0) is 26.1 Å². The molecule has 3 nitrogen and oxygen atoms in total. The van der Waals surface area contributed by atoms with Crippen molar-refractivity contribution in [2.24, 2.45) is 0 Å². The van der Waals surface area contributed by atoms with Gasteiger partial charge in [0.1, 0.15) is 6.04 Å². The minimum absolute atomic E-state index is 0.341. The Bertz CT molecular complexity index is 176. The van der Waals surface area contributed by atoms with Gasteiger partial charge in [-0.3, -0.25) is 9.69 Å². The second-order valence-electron chi connectivity index (χ2n) is 3.45. The molecule has 0 amide bonds. The van der Waals surface area contributed by atoms with Crippen LogP contribution in [0.1, 0.15) is 26.7 Å². The minimum atomic E-state index is -0.713. The van der Waals surface area contributed by atoms with Gasteiger partial charge in [-0.15, -0.1) is 0 Å². The van der Waals surface area contributed by atoms with Crippen molar-refractivity contribution in [2.45, 2.75) is 38.8 Å². The Morgan fingerprint density at radius 1 is 1.43 bits per heavy atom. The van der Waals surface area contributed by atoms with Crippen molar-refractivity contribution in [1.82, 2.24) is 4.90 Å². The van der Waals surface area contributed by atoms with Gasteiger partial charge in [0.15, 0.2) is 0 Å². The lowest BCUT2D eigenvalue weighted by Gasteiger charge is -2.31. The van der Waals surface area contributed by atoms with Gasteiger partial charge in [0, 0.05) is 11.8 Å². The number of rotatable bonds is 7. The molecule has 0 rings (SSSR count). The Hall–Kier alpha value is -0.220. The molecule has 0 aromatic rings. The van der Waals surface area contributed by atoms with E-state index >= 15 is 0 Å². The van der Waals surface area contributed by atoms with Crippen molar-refractivity contribution in [3.8, 4) is 0 Å². The third kappa shape index (κ3) is 3.88. The van der Waals surface area contributed by atoms with Crippen LogP contribution in [0.2, 0.25) is 0 Å². The highest BCUT2D eigenvalue weighted by molar-refractivity contribution is 7.98. The predicted octanol–water partition coefficient (Wildman–Crippen LogP) is 1.92. The fourth-order valence-corrected chi connectivity index (χ4v) is 2.46. The predicted molar refractivity (Wildman–Crippen MR) is 61.9 cm³/mol. The van der Waals surface area contributed by atoms with Crippen LogP contribution < -0.4 is 0 Å². The molecule has 84 valence electrons. The first-order chi connectivity index (χ1) is 6.58. The number of carboxylic acid groups (broad SMARTS) is 1. The van der Waals surface area contributed by atoms with E-state index in [4.69, 9.17) is 5.11 Å². The molecule has 0 aliphatic carbocycles. The molecular formula is C10H21NO2S. The van der Waals surface area contributed by atoms with Crippen LogP contribution in [-0.2, 0) is 4.79 Å². The maximum absolute atomic E-state index is 10.9. The molecule has 0 aromatic carbocycles. The number of thioether (sulfide) groups is 1. The Morgan fingerprint density at radius 2 is 2.00 bits per heavy atom. The molecule has 0 spiro atoms. The van der Waals surface area contributed by atoms with Crippen molar-refractivity contribution < 1.29 is 9.90 Å². The molecule has 0 fully saturated rings. The summed E-state index contributed by atoms with van der Waals surface area (Å²) in [6.07, 6.45) is 3.72. The minimum Gasteiger partial charge on any atom is -0.480 e. The first-order valence-electron chi connectivity index (χ1n) is 5.02. The van der Waals surface area contributed by atoms with Gasteiger partial charge in [-0.2, -0.15) is 11.8 Å². The molecule has 14 heavy (non-hydrogen) atoms. The van der Waals surface area contributed by atoms with E-state index in [1.165, 1.54) is 0 Å². The monoisotopic (exact) mass is 219 g/mol. The molecule has 2 atom stereocenters. The molecule has 4 heteroatoms. The van der Waals surface area contributed by atoms with Crippen molar-refractivity contribution in [3.63, 3.8) is 0 Å². The Kier molecular flexibility index (Phi) is 7.01. The number of carboxylic acids is 1. The molecule has 0 heterocycles. The van der Waals surface area contributed by atoms with Crippen LogP contribution in [0.4, 0.5) is 0 Å². The number of likely N-dealkylation sites (N-methyl/N-ethyl adjacent to an activating group) is 1. The number of nitrogens with zero attached hydrogens (tertiary/aromatic N) is 1. The standard InChI is InChI=1S/C10H21NO2S/c1-5-8(7-14-4)11(3)9(6-2)10(12)13/h8-9H,5-7H2,1-4H3,(H,12,13). The molecular weight excluding hydrogens is 198 g/mol. The fourth-order valence-electron chi connectivity index (χ4n) is 1.61. The molecule has 0 radical (unpaired) electrons. The highest BCUT2D eigenvalue weighted by atomic mass is 32.2. The Balaban J connectivity index is 4.36. The van der Waals surface area contributed by atoms with Gasteiger partial charge < -0.3 is 5.11 Å². The van der Waals surface area contributed by atoms with Crippen LogP contribution in [-0.4, -0.2) is 47.1 Å². The molecule has 2 unspecified atom stereocenters. The summed E-state index contributed by atoms with van der Waals surface area (Å²) in [5.74, 6) is 0.283. The van der Waals surface area contributed by atoms with E-state index in [-0.39, 0.29) is 6.04 Å². The third-order valence-electron chi connectivity index (χ3n) is 2.57. The second kappa shape index (κ2) is 7.12. The lowest BCUT2D eigenvalue weighted by atomic mass is 10.1. The van der Waals surface area contributed by atoms with Crippen LogP contribution in [0.5, 0.6) is 0 Å². The van der Waals surface area contributed by atoms with Crippen molar-refractivity contribution in [1.29, 1.82) is 0 Å². The summed E-state index contributed by atoms with van der Waals surface area (Å²) in [5.41, 5.74) is 0. The lowest BCUT2D eigenvalue weighted by Crippen LogP contribution is -2.45. The summed E-state index contributed by atoms with van der Waals surface area (Å²) in [6, 6.07) is 0.0261. The third-order valence-corrected chi connectivity index (χ3v) is 3.29. The fraction of sp³-hybridized carbons (Fsp3) is 0.900. The lowest BCUT2D eigenvalue weighted by molar-refractivity contribution is -0.143. The zero-order valence-corrected chi connectivity index (χ0v) is 10.3. The molecule has 0 aliphatic rings. The van der Waals surface area contributed by atoms with E-state index in [9.17, 15) is 4.79 Å². The van der Waals surface area contributed by atoms with E-state index in [1.54, 1.807) is 11.8 Å². The average Bonchev–Trinajstić information content (AvgIpc) is 2.14. The van der Waals surface area contributed by atoms with Crippen LogP contribution in [0, 0.1) is 0 Å². The quantitative estimate of drug-likeness (QED) is 0.710. The summed E-state index contributed by atoms with van der Waals surface area (Å²) in [5, 5.41) is 9.01. The molecule has 0 aromatic heterocycles. The maximum Gasteiger partial charge on any atom is 0.320 e. The van der Waals surface area contributed by atoms with Gasteiger partial charge in [-0.1, -0.05) is 13.8 Å². The van der Waals surface area contributed by atoms with Crippen molar-refractivity contribution >= 4 is 17.7 Å². The van der Waals surface area contributed by atoms with Gasteiger partial charge in [-0.25, -0.2) is 0 Å². The summed E-state index contributed by atoms with van der Waals surface area (Å²) < 4.78 is 0. The van der Waals surface area contributed by atoms with E-state index in [0.717, 1.165) is 12.2 Å². The molecule has 0 bridgehead atoms. The van der Waals surface area contributed by atoms with Crippen LogP contribution in [0.3, 0.4) is 0 Å². The number of aliphatic carboxylic acids is 1. The summed E-state index contributed by atoms with van der Waals surface area (Å²) >= 11 is 1.77. The normalized spacial score (nSPS) is 15.5. The zero-order valence-electron chi connectivity index (χ0n) is 9.49. The highest BCUT2D eigenvalue weighted by Crippen LogP contribution is 2.13. The maximum atomic E-state index is 10.9. The van der Waals surface area contributed by atoms with E-state index < -0.39 is 5.97 Å². The van der Waals surface area contributed by atoms with Crippen LogP contribution in [0.15, 0.2) is 0 Å². The first kappa shape index (κ1) is 13.8. The van der Waals surface area contributed by atoms with E-state index in [1.807, 2.05) is 18.9 Å². The summed E-state index contributed by atoms with van der Waals surface area (Å²) in [6.45, 7) is 4.02. The number of hydrogen-bond donors (Lipinski definition) is 1. The highest BCUT2D eigenvalue weighted by Gasteiger charge is 2.25. The second-order valence-corrected chi connectivity index (χ2v) is 4.36. The van der Waals surface area contributed by atoms with Crippen LogP contribution >= 0.6 is 11.8 Å². The topological polar surface area (TPSA) is 40.5 Å². The zero-order chi connectivity index (χ0) is 11.1. The molecule has 1 N–H and O–H groups in total. The number of hydrogen-bond acceptors (Lipinski definition) is 3. The molecule has 0 aliphatic heterocycles. The van der Waals surface area contributed by atoms with Gasteiger partial charge in [0.05, 0.1) is 0 Å². The van der Waals surface area contributed by atoms with E-state index in [2.05, 4.69) is 13.2 Å². The van der Waals surface area contributed by atoms with Gasteiger partial charge >= 0.3 is 5.97 Å². The van der Waals surface area contributed by atoms with Crippen molar-refractivity contribution in [2.75, 3.05) is 19.1 Å². The van der Waals surface area contributed by atoms with Crippen molar-refractivity contribution in [3.05, 3.63) is 0 Å². The number of carbonyl (C=O) groups is 1. The first-order valence-corrected chi connectivity index (χ1v) is 6.41. The largest absolute Gasteiger partial charge is 0.480 e.